The van der Waals surface area contributed by atoms with Gasteiger partial charge in [-0.2, -0.15) is 24.4 Å². The van der Waals surface area contributed by atoms with Gasteiger partial charge in [0, 0.05) is 35.6 Å². The van der Waals surface area contributed by atoms with Crippen LogP contribution < -0.4 is 10.1 Å². The fourth-order valence-corrected chi connectivity index (χ4v) is 5.85. The van der Waals surface area contributed by atoms with Gasteiger partial charge in [-0.1, -0.05) is 26.3 Å². The summed E-state index contributed by atoms with van der Waals surface area (Å²) in [7, 11) is 1.55. The normalized spacial score (nSPS) is 13.9. The van der Waals surface area contributed by atoms with Gasteiger partial charge in [-0.3, -0.25) is 4.79 Å². The summed E-state index contributed by atoms with van der Waals surface area (Å²) in [5, 5.41) is 3.84. The number of esters is 1. The number of hydrogen-bond acceptors (Lipinski definition) is 9. The van der Waals surface area contributed by atoms with Crippen molar-refractivity contribution in [3.63, 3.8) is 0 Å². The highest BCUT2D eigenvalue weighted by Crippen LogP contribution is 2.33. The lowest BCUT2D eigenvalue weighted by atomic mass is 9.91. The van der Waals surface area contributed by atoms with E-state index in [1.807, 2.05) is 32.5 Å². The standard InChI is InChI=1S/C26H38N4O3S2.C2H6/c1-3-33-24(31)16-20(21-17-28-26(32-2)29-18-21)15-23(35-14-13-34)9-5-4-8-22-11-10-19-7-6-12-27-25(19)30-22;1-2/h10-11,17-18,20,23,34H,3-9,12-16H2,1-2H3,(H,27,30);1-2H3. The first-order valence-corrected chi connectivity index (χ1v) is 15.3. The minimum atomic E-state index is -0.182. The first kappa shape index (κ1) is 31.2. The minimum Gasteiger partial charge on any atom is -0.467 e. The van der Waals surface area contributed by atoms with Crippen LogP contribution in [0, 0.1) is 0 Å². The molecule has 0 radical (unpaired) electrons. The Morgan fingerprint density at radius 1 is 1.22 bits per heavy atom. The summed E-state index contributed by atoms with van der Waals surface area (Å²) in [6.45, 7) is 7.23. The fourth-order valence-electron chi connectivity index (χ4n) is 4.39. The number of carbonyl (C=O) groups excluding carboxylic acids is 1. The smallest absolute Gasteiger partial charge is 0.316 e. The number of aryl methyl sites for hydroxylation is 2. The summed E-state index contributed by atoms with van der Waals surface area (Å²) in [4.78, 5) is 25.7. The number of aromatic nitrogens is 3. The number of fused-ring (bicyclic) bond motifs is 1. The molecule has 2 atom stereocenters. The second kappa shape index (κ2) is 18.3. The molecule has 3 heterocycles. The van der Waals surface area contributed by atoms with E-state index in [4.69, 9.17) is 14.5 Å². The molecule has 1 aliphatic rings. The van der Waals surface area contributed by atoms with Crippen LogP contribution in [0.25, 0.3) is 0 Å². The molecule has 3 rings (SSSR count). The van der Waals surface area contributed by atoms with Crippen LogP contribution in [-0.2, 0) is 22.4 Å². The highest BCUT2D eigenvalue weighted by molar-refractivity contribution is 8.00. The number of pyridine rings is 1. The Bertz CT molecular complexity index is 915. The molecule has 2 aromatic rings. The average molecular weight is 549 g/mol. The summed E-state index contributed by atoms with van der Waals surface area (Å²) in [5.74, 6) is 2.71. The topological polar surface area (TPSA) is 86.2 Å². The zero-order chi connectivity index (χ0) is 26.9. The maximum Gasteiger partial charge on any atom is 0.316 e. The van der Waals surface area contributed by atoms with Crippen LogP contribution >= 0.6 is 24.4 Å². The molecule has 0 amide bonds. The van der Waals surface area contributed by atoms with Gasteiger partial charge in [0.05, 0.1) is 20.1 Å². The van der Waals surface area contributed by atoms with Crippen LogP contribution in [-0.4, -0.2) is 57.9 Å². The zero-order valence-corrected chi connectivity index (χ0v) is 24.6. The Labute approximate surface area is 232 Å². The van der Waals surface area contributed by atoms with E-state index in [0.717, 1.165) is 73.7 Å². The van der Waals surface area contributed by atoms with E-state index in [-0.39, 0.29) is 11.9 Å². The molecule has 0 spiro atoms. The molecule has 2 aromatic heterocycles. The molecule has 7 nitrogen and oxygen atoms in total. The number of hydrogen-bond donors (Lipinski definition) is 2. The molecular weight excluding hydrogens is 504 g/mol. The molecule has 0 aromatic carbocycles. The SMILES string of the molecule is CC.CCOC(=O)CC(CC(CCCCc1ccc2c(n1)NCCC2)SCCS)c1cnc(OC)nc1. The monoisotopic (exact) mass is 548 g/mol. The summed E-state index contributed by atoms with van der Waals surface area (Å²) in [5.41, 5.74) is 3.44. The Morgan fingerprint density at radius 3 is 2.70 bits per heavy atom. The van der Waals surface area contributed by atoms with Crippen LogP contribution in [0.3, 0.4) is 0 Å². The van der Waals surface area contributed by atoms with E-state index in [1.54, 1.807) is 19.5 Å². The third-order valence-electron chi connectivity index (χ3n) is 6.17. The van der Waals surface area contributed by atoms with Crippen molar-refractivity contribution in [1.82, 2.24) is 15.0 Å². The highest BCUT2D eigenvalue weighted by atomic mass is 32.2. The number of unbranched alkanes of at least 4 members (excludes halogenated alkanes) is 1. The van der Waals surface area contributed by atoms with Crippen molar-refractivity contribution in [1.29, 1.82) is 0 Å². The van der Waals surface area contributed by atoms with Crippen LogP contribution in [0.2, 0.25) is 0 Å². The van der Waals surface area contributed by atoms with Gasteiger partial charge < -0.3 is 14.8 Å². The Balaban J connectivity index is 0.00000235. The molecule has 37 heavy (non-hydrogen) atoms. The van der Waals surface area contributed by atoms with Crippen LogP contribution in [0.5, 0.6) is 6.01 Å². The number of anilines is 1. The van der Waals surface area contributed by atoms with Crippen molar-refractivity contribution in [3.8, 4) is 6.01 Å². The van der Waals surface area contributed by atoms with E-state index < -0.39 is 0 Å². The number of carbonyl (C=O) groups is 1. The second-order valence-electron chi connectivity index (χ2n) is 8.75. The fraction of sp³-hybridized carbons (Fsp3) is 0.643. The molecule has 0 bridgehead atoms. The van der Waals surface area contributed by atoms with Crippen LogP contribution in [0.15, 0.2) is 24.5 Å². The largest absolute Gasteiger partial charge is 0.467 e. The van der Waals surface area contributed by atoms with E-state index in [2.05, 4.69) is 40.0 Å². The number of thioether (sulfide) groups is 1. The average Bonchev–Trinajstić information content (AvgIpc) is 2.94. The van der Waals surface area contributed by atoms with Gasteiger partial charge >= 0.3 is 12.0 Å². The van der Waals surface area contributed by atoms with Crippen molar-refractivity contribution in [3.05, 3.63) is 41.3 Å². The lowest BCUT2D eigenvalue weighted by molar-refractivity contribution is -0.143. The van der Waals surface area contributed by atoms with Crippen molar-refractivity contribution >= 4 is 36.2 Å². The summed E-state index contributed by atoms with van der Waals surface area (Å²) in [6, 6.07) is 4.74. The van der Waals surface area contributed by atoms with E-state index in [9.17, 15) is 4.79 Å². The summed E-state index contributed by atoms with van der Waals surface area (Å²) >= 11 is 6.35. The zero-order valence-electron chi connectivity index (χ0n) is 22.9. The van der Waals surface area contributed by atoms with Gasteiger partial charge in [-0.05, 0) is 74.3 Å². The summed E-state index contributed by atoms with van der Waals surface area (Å²) < 4.78 is 10.4. The minimum absolute atomic E-state index is 0.00533. The van der Waals surface area contributed by atoms with Crippen molar-refractivity contribution in [2.45, 2.75) is 83.3 Å². The molecule has 9 heteroatoms. The predicted octanol–water partition coefficient (Wildman–Crippen LogP) is 6.14. The van der Waals surface area contributed by atoms with Gasteiger partial charge in [0.15, 0.2) is 0 Å². The van der Waals surface area contributed by atoms with Crippen molar-refractivity contribution in [2.24, 2.45) is 0 Å². The van der Waals surface area contributed by atoms with E-state index in [1.165, 1.54) is 12.0 Å². The molecule has 206 valence electrons. The molecule has 0 fully saturated rings. The Kier molecular flexibility index (Phi) is 15.4. The van der Waals surface area contributed by atoms with E-state index in [0.29, 0.717) is 24.3 Å². The maximum absolute atomic E-state index is 12.3. The lowest BCUT2D eigenvalue weighted by Gasteiger charge is -2.23. The van der Waals surface area contributed by atoms with Gasteiger partial charge in [0.2, 0.25) is 0 Å². The van der Waals surface area contributed by atoms with Crippen LogP contribution in [0.4, 0.5) is 5.82 Å². The number of rotatable bonds is 15. The van der Waals surface area contributed by atoms with Crippen LogP contribution in [0.1, 0.15) is 82.0 Å². The Morgan fingerprint density at radius 2 is 2.00 bits per heavy atom. The molecule has 0 saturated heterocycles. The van der Waals surface area contributed by atoms with Crippen molar-refractivity contribution < 1.29 is 14.3 Å². The third-order valence-corrected chi connectivity index (χ3v) is 8.04. The molecular formula is C28H44N4O3S2. The molecule has 1 N–H and O–H groups in total. The molecule has 0 aliphatic carbocycles. The number of nitrogens with zero attached hydrogens (tertiary/aromatic N) is 3. The quantitative estimate of drug-likeness (QED) is 0.156. The number of methoxy groups -OCH3 is 1. The van der Waals surface area contributed by atoms with Gasteiger partial charge in [0.1, 0.15) is 5.82 Å². The van der Waals surface area contributed by atoms with Gasteiger partial charge in [-0.15, -0.1) is 0 Å². The predicted molar refractivity (Wildman–Crippen MR) is 157 cm³/mol. The Hall–Kier alpha value is -2.00. The number of ether oxygens (including phenoxy) is 2. The number of nitrogens with one attached hydrogen (secondary N) is 1. The molecule has 2 unspecified atom stereocenters. The van der Waals surface area contributed by atoms with E-state index >= 15 is 0 Å². The second-order valence-corrected chi connectivity index (χ2v) is 10.6. The maximum atomic E-state index is 12.3. The molecule has 1 aliphatic heterocycles. The highest BCUT2D eigenvalue weighted by Gasteiger charge is 2.23. The van der Waals surface area contributed by atoms with Gasteiger partial charge in [-0.25, -0.2) is 15.0 Å². The van der Waals surface area contributed by atoms with Gasteiger partial charge in [0.25, 0.3) is 0 Å². The number of thiol groups is 1. The first-order valence-electron chi connectivity index (χ1n) is 13.6. The lowest BCUT2D eigenvalue weighted by Crippen LogP contribution is -2.17. The van der Waals surface area contributed by atoms with Crippen molar-refractivity contribution in [2.75, 3.05) is 37.1 Å². The summed E-state index contributed by atoms with van der Waals surface area (Å²) in [6.07, 6.45) is 11.3. The molecule has 0 saturated carbocycles. The third kappa shape index (κ3) is 11.1. The first-order chi connectivity index (χ1) is 18.1.